The second kappa shape index (κ2) is 4.24. The first-order valence-electron chi connectivity index (χ1n) is 4.77. The largest absolute Gasteiger partial charge is 0.496 e. The van der Waals surface area contributed by atoms with Gasteiger partial charge >= 0.3 is 0 Å². The summed E-state index contributed by atoms with van der Waals surface area (Å²) >= 11 is 1.85. The van der Waals surface area contributed by atoms with Gasteiger partial charge in [0.2, 0.25) is 0 Å². The van der Waals surface area contributed by atoms with Crippen LogP contribution in [0.1, 0.15) is 17.9 Å². The van der Waals surface area contributed by atoms with Gasteiger partial charge in [-0.3, -0.25) is 0 Å². The molecule has 0 bridgehead atoms. The van der Waals surface area contributed by atoms with Crippen molar-refractivity contribution in [3.63, 3.8) is 0 Å². The van der Waals surface area contributed by atoms with Crippen LogP contribution in [0.4, 0.5) is 0 Å². The minimum atomic E-state index is 0.253. The van der Waals surface area contributed by atoms with Gasteiger partial charge in [0.15, 0.2) is 0 Å². The van der Waals surface area contributed by atoms with Crippen LogP contribution in [-0.4, -0.2) is 24.6 Å². The number of thioether (sulfide) groups is 1. The molecule has 1 aromatic rings. The van der Waals surface area contributed by atoms with Crippen LogP contribution < -0.4 is 4.74 Å². The average molecular weight is 210 g/mol. The number of methoxy groups -OCH3 is 1. The summed E-state index contributed by atoms with van der Waals surface area (Å²) in [5.41, 5.74) is 1.29. The van der Waals surface area contributed by atoms with Gasteiger partial charge in [0.25, 0.3) is 0 Å². The third-order valence-electron chi connectivity index (χ3n) is 2.57. The number of aliphatic hydroxyl groups excluding tert-OH is 1. The van der Waals surface area contributed by atoms with Gasteiger partial charge in [-0.05, 0) is 18.6 Å². The zero-order valence-corrected chi connectivity index (χ0v) is 9.01. The summed E-state index contributed by atoms with van der Waals surface area (Å²) in [7, 11) is 1.70. The fraction of sp³-hybridized carbons (Fsp3) is 0.455. The molecular weight excluding hydrogens is 196 g/mol. The summed E-state index contributed by atoms with van der Waals surface area (Å²) in [5, 5.41) is 8.97. The molecule has 0 radical (unpaired) electrons. The maximum atomic E-state index is 8.97. The first-order chi connectivity index (χ1) is 6.86. The predicted molar refractivity (Wildman–Crippen MR) is 58.2 cm³/mol. The average Bonchev–Trinajstić information content (AvgIpc) is 2.62. The molecule has 1 N–H and O–H groups in total. The Labute approximate surface area is 88.3 Å². The molecule has 2 nitrogen and oxygen atoms in total. The Bertz CT molecular complexity index is 323. The van der Waals surface area contributed by atoms with Crippen molar-refractivity contribution in [1.29, 1.82) is 0 Å². The molecule has 0 aromatic heterocycles. The fourth-order valence-electron chi connectivity index (χ4n) is 1.89. The number of aliphatic hydroxyl groups is 1. The molecule has 0 saturated heterocycles. The summed E-state index contributed by atoms with van der Waals surface area (Å²) in [6.07, 6.45) is 0.834. The van der Waals surface area contributed by atoms with E-state index in [0.717, 1.165) is 17.9 Å². The Morgan fingerprint density at radius 1 is 1.57 bits per heavy atom. The lowest BCUT2D eigenvalue weighted by Crippen LogP contribution is -2.02. The van der Waals surface area contributed by atoms with Crippen LogP contribution in [0.25, 0.3) is 0 Å². The molecule has 0 amide bonds. The molecule has 1 heterocycles. The molecule has 0 fully saturated rings. The van der Waals surface area contributed by atoms with E-state index < -0.39 is 0 Å². The highest BCUT2D eigenvalue weighted by atomic mass is 32.2. The van der Waals surface area contributed by atoms with Crippen molar-refractivity contribution in [2.24, 2.45) is 0 Å². The quantitative estimate of drug-likeness (QED) is 0.830. The maximum absolute atomic E-state index is 8.97. The zero-order valence-electron chi connectivity index (χ0n) is 8.19. The normalized spacial score (nSPS) is 19.4. The Morgan fingerprint density at radius 2 is 2.43 bits per heavy atom. The first-order valence-corrected chi connectivity index (χ1v) is 5.76. The van der Waals surface area contributed by atoms with E-state index in [1.165, 1.54) is 10.5 Å². The molecule has 1 aliphatic rings. The number of fused-ring (bicyclic) bond motifs is 1. The van der Waals surface area contributed by atoms with Crippen molar-refractivity contribution in [2.45, 2.75) is 17.2 Å². The molecule has 2 rings (SSSR count). The second-order valence-corrected chi connectivity index (χ2v) is 4.45. The molecular formula is C11H14O2S. The highest BCUT2D eigenvalue weighted by Crippen LogP contribution is 2.45. The molecule has 3 heteroatoms. The van der Waals surface area contributed by atoms with Crippen LogP contribution in [0.5, 0.6) is 5.75 Å². The summed E-state index contributed by atoms with van der Waals surface area (Å²) in [6, 6.07) is 6.14. The summed E-state index contributed by atoms with van der Waals surface area (Å²) in [5.74, 6) is 2.48. The first kappa shape index (κ1) is 9.87. The molecule has 0 spiro atoms. The Hall–Kier alpha value is -0.670. The fourth-order valence-corrected chi connectivity index (χ4v) is 3.20. The number of ether oxygens (including phenoxy) is 1. The smallest absolute Gasteiger partial charge is 0.123 e. The molecule has 14 heavy (non-hydrogen) atoms. The van der Waals surface area contributed by atoms with Gasteiger partial charge in [-0.15, -0.1) is 11.8 Å². The van der Waals surface area contributed by atoms with Gasteiger partial charge in [-0.2, -0.15) is 0 Å². The van der Waals surface area contributed by atoms with E-state index in [1.807, 2.05) is 23.9 Å². The Morgan fingerprint density at radius 3 is 3.14 bits per heavy atom. The SMILES string of the molecule is COc1cccc2c1C(CCO)CS2. The molecule has 1 aromatic carbocycles. The molecule has 0 saturated carbocycles. The summed E-state index contributed by atoms with van der Waals surface area (Å²) in [6.45, 7) is 0.253. The van der Waals surface area contributed by atoms with Crippen molar-refractivity contribution in [3.05, 3.63) is 23.8 Å². The molecule has 0 aliphatic carbocycles. The van der Waals surface area contributed by atoms with Crippen LogP contribution in [0.2, 0.25) is 0 Å². The van der Waals surface area contributed by atoms with E-state index in [2.05, 4.69) is 6.07 Å². The van der Waals surface area contributed by atoms with Crippen molar-refractivity contribution >= 4 is 11.8 Å². The Kier molecular flexibility index (Phi) is 2.99. The van der Waals surface area contributed by atoms with Gasteiger partial charge < -0.3 is 9.84 Å². The van der Waals surface area contributed by atoms with Crippen molar-refractivity contribution in [3.8, 4) is 5.75 Å². The van der Waals surface area contributed by atoms with E-state index in [0.29, 0.717) is 5.92 Å². The van der Waals surface area contributed by atoms with Gasteiger partial charge in [-0.1, -0.05) is 6.07 Å². The lowest BCUT2D eigenvalue weighted by Gasteiger charge is -2.12. The minimum absolute atomic E-state index is 0.253. The van der Waals surface area contributed by atoms with Crippen LogP contribution >= 0.6 is 11.8 Å². The predicted octanol–water partition coefficient (Wildman–Crippen LogP) is 2.27. The molecule has 1 atom stereocenters. The third kappa shape index (κ3) is 1.62. The molecule has 76 valence electrons. The standard InChI is InChI=1S/C11H14O2S/c1-13-9-3-2-4-10-11(9)8(5-6-12)7-14-10/h2-4,8,12H,5-7H2,1H3. The van der Waals surface area contributed by atoms with Gasteiger partial charge in [0.05, 0.1) is 7.11 Å². The van der Waals surface area contributed by atoms with Crippen LogP contribution in [0, 0.1) is 0 Å². The van der Waals surface area contributed by atoms with E-state index in [4.69, 9.17) is 9.84 Å². The van der Waals surface area contributed by atoms with Crippen molar-refractivity contribution in [1.82, 2.24) is 0 Å². The van der Waals surface area contributed by atoms with E-state index in [1.54, 1.807) is 7.11 Å². The highest BCUT2D eigenvalue weighted by Gasteiger charge is 2.25. The summed E-state index contributed by atoms with van der Waals surface area (Å²) in [4.78, 5) is 1.31. The van der Waals surface area contributed by atoms with Crippen molar-refractivity contribution < 1.29 is 9.84 Å². The van der Waals surface area contributed by atoms with Crippen LogP contribution in [0.3, 0.4) is 0 Å². The van der Waals surface area contributed by atoms with Gasteiger partial charge in [0, 0.05) is 28.7 Å². The lowest BCUT2D eigenvalue weighted by molar-refractivity contribution is 0.278. The zero-order chi connectivity index (χ0) is 9.97. The van der Waals surface area contributed by atoms with Crippen molar-refractivity contribution in [2.75, 3.05) is 19.5 Å². The van der Waals surface area contributed by atoms with E-state index in [-0.39, 0.29) is 6.61 Å². The van der Waals surface area contributed by atoms with E-state index in [9.17, 15) is 0 Å². The highest BCUT2D eigenvalue weighted by molar-refractivity contribution is 7.99. The van der Waals surface area contributed by atoms with E-state index >= 15 is 0 Å². The van der Waals surface area contributed by atoms with Crippen LogP contribution in [0.15, 0.2) is 23.1 Å². The third-order valence-corrected chi connectivity index (χ3v) is 3.81. The number of rotatable bonds is 3. The number of benzene rings is 1. The molecule has 1 unspecified atom stereocenters. The number of hydrogen-bond acceptors (Lipinski definition) is 3. The molecule has 1 aliphatic heterocycles. The Balaban J connectivity index is 2.35. The lowest BCUT2D eigenvalue weighted by atomic mass is 9.97. The second-order valence-electron chi connectivity index (χ2n) is 3.39. The summed E-state index contributed by atoms with van der Waals surface area (Å²) < 4.78 is 5.34. The topological polar surface area (TPSA) is 29.5 Å². The van der Waals surface area contributed by atoms with Gasteiger partial charge in [0.1, 0.15) is 5.75 Å². The van der Waals surface area contributed by atoms with Crippen LogP contribution in [-0.2, 0) is 0 Å². The maximum Gasteiger partial charge on any atom is 0.123 e. The monoisotopic (exact) mass is 210 g/mol. The number of hydrogen-bond donors (Lipinski definition) is 1. The van der Waals surface area contributed by atoms with Gasteiger partial charge in [-0.25, -0.2) is 0 Å². The minimum Gasteiger partial charge on any atom is -0.496 e.